The van der Waals surface area contributed by atoms with E-state index >= 15 is 0 Å². The molecule has 0 aliphatic heterocycles. The van der Waals surface area contributed by atoms with Crippen molar-refractivity contribution in [3.63, 3.8) is 0 Å². The van der Waals surface area contributed by atoms with Gasteiger partial charge in [0.05, 0.1) is 5.60 Å². The van der Waals surface area contributed by atoms with Crippen molar-refractivity contribution >= 4 is 5.97 Å². The molecule has 0 heterocycles. The second-order valence-electron chi connectivity index (χ2n) is 4.33. The highest BCUT2D eigenvalue weighted by atomic mass is 16.5. The summed E-state index contributed by atoms with van der Waals surface area (Å²) >= 11 is 0. The minimum atomic E-state index is -0.826. The fourth-order valence-corrected chi connectivity index (χ4v) is 1.13. The fourth-order valence-electron chi connectivity index (χ4n) is 1.13. The summed E-state index contributed by atoms with van der Waals surface area (Å²) in [5, 5.41) is 8.82. The SMILES string of the molecule is CC(C)(C)OC(C(=O)O)C1CC1. The molecule has 70 valence electrons. The standard InChI is InChI=1S/C9H16O3/c1-9(2,3)12-7(8(10)11)6-4-5-6/h6-7H,4-5H2,1-3H3,(H,10,11). The van der Waals surface area contributed by atoms with E-state index in [2.05, 4.69) is 0 Å². The lowest BCUT2D eigenvalue weighted by molar-refractivity contribution is -0.162. The van der Waals surface area contributed by atoms with Crippen LogP contribution in [0.3, 0.4) is 0 Å². The van der Waals surface area contributed by atoms with Crippen LogP contribution < -0.4 is 0 Å². The number of carboxylic acid groups (broad SMARTS) is 1. The van der Waals surface area contributed by atoms with Crippen LogP contribution in [0.2, 0.25) is 0 Å². The first-order valence-corrected chi connectivity index (χ1v) is 4.31. The minimum Gasteiger partial charge on any atom is -0.479 e. The second-order valence-corrected chi connectivity index (χ2v) is 4.33. The lowest BCUT2D eigenvalue weighted by atomic mass is 10.1. The summed E-state index contributed by atoms with van der Waals surface area (Å²) in [6.45, 7) is 5.64. The summed E-state index contributed by atoms with van der Waals surface area (Å²) in [6.07, 6.45) is 1.39. The second kappa shape index (κ2) is 3.05. The van der Waals surface area contributed by atoms with Crippen molar-refractivity contribution in [3.05, 3.63) is 0 Å². The molecule has 0 aromatic rings. The maximum absolute atomic E-state index is 10.7. The van der Waals surface area contributed by atoms with E-state index in [4.69, 9.17) is 9.84 Å². The van der Waals surface area contributed by atoms with Crippen LogP contribution in [0.4, 0.5) is 0 Å². The zero-order valence-corrected chi connectivity index (χ0v) is 7.83. The summed E-state index contributed by atoms with van der Waals surface area (Å²) < 4.78 is 5.42. The Hall–Kier alpha value is -0.570. The third-order valence-electron chi connectivity index (χ3n) is 1.77. The molecule has 0 radical (unpaired) electrons. The predicted molar refractivity (Wildman–Crippen MR) is 45.0 cm³/mol. The van der Waals surface area contributed by atoms with Gasteiger partial charge in [0.1, 0.15) is 0 Å². The molecule has 1 unspecified atom stereocenters. The van der Waals surface area contributed by atoms with Gasteiger partial charge in [-0.3, -0.25) is 0 Å². The van der Waals surface area contributed by atoms with Gasteiger partial charge in [0.15, 0.2) is 6.10 Å². The van der Waals surface area contributed by atoms with E-state index < -0.39 is 12.1 Å². The van der Waals surface area contributed by atoms with Crippen LogP contribution in [-0.2, 0) is 9.53 Å². The topological polar surface area (TPSA) is 46.5 Å². The molecule has 0 aromatic carbocycles. The summed E-state index contributed by atoms with van der Waals surface area (Å²) in [4.78, 5) is 10.7. The molecule has 0 bridgehead atoms. The molecule has 1 rings (SSSR count). The summed E-state index contributed by atoms with van der Waals surface area (Å²) in [5.41, 5.74) is -0.356. The molecule has 0 saturated heterocycles. The summed E-state index contributed by atoms with van der Waals surface area (Å²) in [5.74, 6) is -0.575. The van der Waals surface area contributed by atoms with Gasteiger partial charge in [0, 0.05) is 0 Å². The van der Waals surface area contributed by atoms with Crippen molar-refractivity contribution in [2.24, 2.45) is 5.92 Å². The first-order valence-electron chi connectivity index (χ1n) is 4.31. The van der Waals surface area contributed by atoms with E-state index in [1.54, 1.807) is 0 Å². The minimum absolute atomic E-state index is 0.252. The van der Waals surface area contributed by atoms with Gasteiger partial charge in [-0.15, -0.1) is 0 Å². The highest BCUT2D eigenvalue weighted by molar-refractivity contribution is 5.73. The molecule has 1 fully saturated rings. The molecule has 0 aromatic heterocycles. The third-order valence-corrected chi connectivity index (χ3v) is 1.77. The number of hydrogen-bond donors (Lipinski definition) is 1. The number of rotatable bonds is 3. The van der Waals surface area contributed by atoms with Crippen LogP contribution in [0.5, 0.6) is 0 Å². The lowest BCUT2D eigenvalue weighted by Crippen LogP contribution is -2.34. The van der Waals surface area contributed by atoms with E-state index in [0.29, 0.717) is 0 Å². The molecule has 3 heteroatoms. The molecule has 1 aliphatic carbocycles. The first kappa shape index (κ1) is 9.52. The maximum atomic E-state index is 10.7. The average molecular weight is 172 g/mol. The Labute approximate surface area is 72.7 Å². The Kier molecular flexibility index (Phi) is 2.42. The highest BCUT2D eigenvalue weighted by Crippen LogP contribution is 2.36. The van der Waals surface area contributed by atoms with Crippen LogP contribution in [0.25, 0.3) is 0 Å². The molecule has 1 saturated carbocycles. The van der Waals surface area contributed by atoms with Gasteiger partial charge in [-0.2, -0.15) is 0 Å². The molecule has 12 heavy (non-hydrogen) atoms. The summed E-state index contributed by atoms with van der Waals surface area (Å²) in [6, 6.07) is 0. The Balaban J connectivity index is 2.49. The smallest absolute Gasteiger partial charge is 0.333 e. The van der Waals surface area contributed by atoms with Crippen molar-refractivity contribution < 1.29 is 14.6 Å². The monoisotopic (exact) mass is 172 g/mol. The predicted octanol–water partition coefficient (Wildman–Crippen LogP) is 1.66. The summed E-state index contributed by atoms with van der Waals surface area (Å²) in [7, 11) is 0. The highest BCUT2D eigenvalue weighted by Gasteiger charge is 2.39. The largest absolute Gasteiger partial charge is 0.479 e. The van der Waals surface area contributed by atoms with Crippen molar-refractivity contribution in [2.75, 3.05) is 0 Å². The average Bonchev–Trinajstić information content (AvgIpc) is 2.61. The number of aliphatic carboxylic acids is 1. The Morgan fingerprint density at radius 1 is 1.50 bits per heavy atom. The Morgan fingerprint density at radius 3 is 2.25 bits per heavy atom. The molecular weight excluding hydrogens is 156 g/mol. The number of carboxylic acids is 1. The third kappa shape index (κ3) is 2.81. The normalized spacial score (nSPS) is 20.6. The molecule has 3 nitrogen and oxygen atoms in total. The molecule has 0 amide bonds. The van der Waals surface area contributed by atoms with Crippen molar-refractivity contribution in [1.29, 1.82) is 0 Å². The van der Waals surface area contributed by atoms with Gasteiger partial charge in [-0.05, 0) is 39.5 Å². The van der Waals surface area contributed by atoms with Gasteiger partial charge < -0.3 is 9.84 Å². The fraction of sp³-hybridized carbons (Fsp3) is 0.889. The van der Waals surface area contributed by atoms with Gasteiger partial charge in [-0.1, -0.05) is 0 Å². The quantitative estimate of drug-likeness (QED) is 0.704. The van der Waals surface area contributed by atoms with Crippen molar-refractivity contribution in [3.8, 4) is 0 Å². The van der Waals surface area contributed by atoms with E-state index in [-0.39, 0.29) is 11.5 Å². The van der Waals surface area contributed by atoms with Crippen LogP contribution >= 0.6 is 0 Å². The van der Waals surface area contributed by atoms with Gasteiger partial charge in [0.2, 0.25) is 0 Å². The molecule has 0 spiro atoms. The molecular formula is C9H16O3. The van der Waals surface area contributed by atoms with Crippen molar-refractivity contribution in [1.82, 2.24) is 0 Å². The Bertz CT molecular complexity index is 177. The lowest BCUT2D eigenvalue weighted by Gasteiger charge is -2.24. The van der Waals surface area contributed by atoms with Crippen LogP contribution in [0.1, 0.15) is 33.6 Å². The van der Waals surface area contributed by atoms with Gasteiger partial charge in [-0.25, -0.2) is 4.79 Å². The zero-order chi connectivity index (χ0) is 9.35. The zero-order valence-electron chi connectivity index (χ0n) is 7.83. The van der Waals surface area contributed by atoms with Crippen LogP contribution in [0, 0.1) is 5.92 Å². The van der Waals surface area contributed by atoms with Crippen LogP contribution in [-0.4, -0.2) is 22.8 Å². The van der Waals surface area contributed by atoms with Crippen molar-refractivity contribution in [2.45, 2.75) is 45.3 Å². The van der Waals surface area contributed by atoms with E-state index in [0.717, 1.165) is 12.8 Å². The Morgan fingerprint density at radius 2 is 2.00 bits per heavy atom. The van der Waals surface area contributed by atoms with E-state index in [1.165, 1.54) is 0 Å². The first-order chi connectivity index (χ1) is 5.40. The van der Waals surface area contributed by atoms with E-state index in [9.17, 15) is 4.79 Å². The van der Waals surface area contributed by atoms with E-state index in [1.807, 2.05) is 20.8 Å². The van der Waals surface area contributed by atoms with Gasteiger partial charge in [0.25, 0.3) is 0 Å². The molecule has 1 atom stereocenters. The maximum Gasteiger partial charge on any atom is 0.333 e. The van der Waals surface area contributed by atoms with Crippen LogP contribution in [0.15, 0.2) is 0 Å². The molecule has 1 N–H and O–H groups in total. The molecule has 1 aliphatic rings. The number of carbonyl (C=O) groups is 1. The number of ether oxygens (including phenoxy) is 1. The number of hydrogen-bond acceptors (Lipinski definition) is 2. The van der Waals surface area contributed by atoms with Gasteiger partial charge >= 0.3 is 5.97 Å².